The molecule has 1 aliphatic heterocycles. The zero-order chi connectivity index (χ0) is 17.1. The van der Waals surface area contributed by atoms with Crippen LogP contribution in [0.15, 0.2) is 46.7 Å². The van der Waals surface area contributed by atoms with Crippen LogP contribution < -0.4 is 5.32 Å². The summed E-state index contributed by atoms with van der Waals surface area (Å²) >= 11 is 7.89. The monoisotopic (exact) mass is 378 g/mol. The molecule has 1 fully saturated rings. The third kappa shape index (κ3) is 3.89. The van der Waals surface area contributed by atoms with Crippen LogP contribution in [0.3, 0.4) is 0 Å². The third-order valence-electron chi connectivity index (χ3n) is 3.12. The van der Waals surface area contributed by atoms with Gasteiger partial charge in [0.25, 0.3) is 5.91 Å². The Bertz CT molecular complexity index is 816. The molecule has 2 aromatic rings. The van der Waals surface area contributed by atoms with E-state index in [2.05, 4.69) is 5.32 Å². The van der Waals surface area contributed by atoms with Gasteiger partial charge in [0.15, 0.2) is 0 Å². The molecule has 0 bridgehead atoms. The number of nitrogens with one attached hydrogen (secondary N) is 1. The summed E-state index contributed by atoms with van der Waals surface area (Å²) < 4.78 is 13.2. The number of carbonyl (C=O) groups is 2. The Morgan fingerprint density at radius 1 is 1.29 bits per heavy atom. The summed E-state index contributed by atoms with van der Waals surface area (Å²) in [6.07, 6.45) is 1.77. The summed E-state index contributed by atoms with van der Waals surface area (Å²) in [7, 11) is 0. The SMILES string of the molecule is O=C(CN1C(=O)/C(=C/c2cccs2)SC1=S)Nc1ccc(F)cc1. The van der Waals surface area contributed by atoms with Gasteiger partial charge in [-0.25, -0.2) is 4.39 Å². The number of thioether (sulfide) groups is 1. The van der Waals surface area contributed by atoms with Gasteiger partial charge in [0, 0.05) is 10.6 Å². The van der Waals surface area contributed by atoms with Crippen LogP contribution in [0.25, 0.3) is 6.08 Å². The quantitative estimate of drug-likeness (QED) is 0.651. The molecule has 2 heterocycles. The molecule has 0 aliphatic carbocycles. The number of amides is 2. The molecular weight excluding hydrogens is 367 g/mol. The molecule has 2 amide bonds. The molecule has 0 saturated carbocycles. The highest BCUT2D eigenvalue weighted by Crippen LogP contribution is 2.33. The summed E-state index contributed by atoms with van der Waals surface area (Å²) in [5, 5.41) is 4.53. The number of halogens is 1. The van der Waals surface area contributed by atoms with Crippen LogP contribution >= 0.6 is 35.3 Å². The van der Waals surface area contributed by atoms with Gasteiger partial charge >= 0.3 is 0 Å². The second-order valence-corrected chi connectivity index (χ2v) is 7.49. The first-order valence-electron chi connectivity index (χ1n) is 6.87. The van der Waals surface area contributed by atoms with Gasteiger partial charge in [0.05, 0.1) is 4.91 Å². The Morgan fingerprint density at radius 3 is 2.71 bits per heavy atom. The Hall–Kier alpha value is -2.03. The minimum atomic E-state index is -0.393. The van der Waals surface area contributed by atoms with Crippen molar-refractivity contribution in [1.29, 1.82) is 0 Å². The summed E-state index contributed by atoms with van der Waals surface area (Å²) in [5.41, 5.74) is 0.459. The van der Waals surface area contributed by atoms with E-state index in [0.717, 1.165) is 4.88 Å². The Morgan fingerprint density at radius 2 is 2.04 bits per heavy atom. The van der Waals surface area contributed by atoms with Gasteiger partial charge in [-0.05, 0) is 41.8 Å². The van der Waals surface area contributed by atoms with Crippen LogP contribution in [0.4, 0.5) is 10.1 Å². The van der Waals surface area contributed by atoms with Crippen LogP contribution in [0.2, 0.25) is 0 Å². The molecule has 8 heteroatoms. The van der Waals surface area contributed by atoms with E-state index in [0.29, 0.717) is 14.9 Å². The number of nitrogens with zero attached hydrogens (tertiary/aromatic N) is 1. The predicted octanol–water partition coefficient (Wildman–Crippen LogP) is 3.73. The highest BCUT2D eigenvalue weighted by Gasteiger charge is 2.33. The number of hydrogen-bond donors (Lipinski definition) is 1. The van der Waals surface area contributed by atoms with Crippen molar-refractivity contribution in [1.82, 2.24) is 4.90 Å². The van der Waals surface area contributed by atoms with Gasteiger partial charge in [-0.3, -0.25) is 14.5 Å². The highest BCUT2D eigenvalue weighted by molar-refractivity contribution is 8.26. The van der Waals surface area contributed by atoms with E-state index in [1.807, 2.05) is 17.5 Å². The molecule has 122 valence electrons. The van der Waals surface area contributed by atoms with E-state index < -0.39 is 5.91 Å². The Kier molecular flexibility index (Phi) is 5.08. The Labute approximate surface area is 151 Å². The van der Waals surface area contributed by atoms with E-state index in [1.165, 1.54) is 52.3 Å². The average Bonchev–Trinajstić information content (AvgIpc) is 3.14. The van der Waals surface area contributed by atoms with Crippen molar-refractivity contribution in [3.63, 3.8) is 0 Å². The van der Waals surface area contributed by atoms with Gasteiger partial charge in [0.1, 0.15) is 16.7 Å². The first kappa shape index (κ1) is 16.8. The maximum Gasteiger partial charge on any atom is 0.266 e. The molecule has 1 aromatic heterocycles. The number of carbonyl (C=O) groups excluding carboxylic acids is 2. The van der Waals surface area contributed by atoms with Crippen molar-refractivity contribution in [3.8, 4) is 0 Å². The maximum absolute atomic E-state index is 12.9. The standard InChI is InChI=1S/C16H11FN2O2S3/c17-10-3-5-11(6-4-10)18-14(20)9-19-15(21)13(24-16(19)22)8-12-2-1-7-23-12/h1-8H,9H2,(H,18,20)/b13-8-. The van der Waals surface area contributed by atoms with Crippen molar-refractivity contribution in [3.05, 3.63) is 57.4 Å². The highest BCUT2D eigenvalue weighted by atomic mass is 32.2. The van der Waals surface area contributed by atoms with Crippen LogP contribution in [-0.2, 0) is 9.59 Å². The summed E-state index contributed by atoms with van der Waals surface area (Å²) in [6.45, 7) is -0.177. The summed E-state index contributed by atoms with van der Waals surface area (Å²) in [4.78, 5) is 27.2. The van der Waals surface area contributed by atoms with Crippen LogP contribution in [0, 0.1) is 5.82 Å². The molecule has 0 atom stereocenters. The molecule has 1 saturated heterocycles. The third-order valence-corrected chi connectivity index (χ3v) is 5.32. The minimum Gasteiger partial charge on any atom is -0.325 e. The van der Waals surface area contributed by atoms with Crippen LogP contribution in [0.5, 0.6) is 0 Å². The summed E-state index contributed by atoms with van der Waals surface area (Å²) in [6, 6.07) is 9.20. The zero-order valence-corrected chi connectivity index (χ0v) is 14.6. The van der Waals surface area contributed by atoms with Crippen molar-refractivity contribution >= 4 is 63.2 Å². The molecular formula is C16H11FN2O2S3. The molecule has 3 rings (SSSR count). The summed E-state index contributed by atoms with van der Waals surface area (Å²) in [5.74, 6) is -1.06. The normalized spacial score (nSPS) is 16.0. The first-order valence-corrected chi connectivity index (χ1v) is 8.97. The molecule has 4 nitrogen and oxygen atoms in total. The molecule has 1 aliphatic rings. The van der Waals surface area contributed by atoms with E-state index in [4.69, 9.17) is 12.2 Å². The topological polar surface area (TPSA) is 49.4 Å². The lowest BCUT2D eigenvalue weighted by atomic mass is 10.3. The fourth-order valence-electron chi connectivity index (χ4n) is 2.02. The molecule has 1 aromatic carbocycles. The number of hydrogen-bond acceptors (Lipinski definition) is 5. The van der Waals surface area contributed by atoms with Gasteiger partial charge in [-0.15, -0.1) is 11.3 Å². The van der Waals surface area contributed by atoms with Crippen molar-refractivity contribution in [2.24, 2.45) is 0 Å². The van der Waals surface area contributed by atoms with Crippen LogP contribution in [-0.4, -0.2) is 27.6 Å². The van der Waals surface area contributed by atoms with E-state index in [9.17, 15) is 14.0 Å². The smallest absolute Gasteiger partial charge is 0.266 e. The molecule has 0 spiro atoms. The fraction of sp³-hybridized carbons (Fsp3) is 0.0625. The van der Waals surface area contributed by atoms with Gasteiger partial charge in [0.2, 0.25) is 5.91 Å². The second-order valence-electron chi connectivity index (χ2n) is 4.84. The second kappa shape index (κ2) is 7.25. The van der Waals surface area contributed by atoms with E-state index in [-0.39, 0.29) is 18.3 Å². The predicted molar refractivity (Wildman–Crippen MR) is 99.2 cm³/mol. The molecule has 0 radical (unpaired) electrons. The fourth-order valence-corrected chi connectivity index (χ4v) is 3.99. The number of thiocarbonyl (C=S) groups is 1. The van der Waals surface area contributed by atoms with Gasteiger partial charge in [-0.2, -0.15) is 0 Å². The number of rotatable bonds is 4. The molecule has 0 unspecified atom stereocenters. The van der Waals surface area contributed by atoms with Crippen molar-refractivity contribution in [2.75, 3.05) is 11.9 Å². The van der Waals surface area contributed by atoms with Crippen molar-refractivity contribution < 1.29 is 14.0 Å². The maximum atomic E-state index is 12.9. The number of thiophene rings is 1. The lowest BCUT2D eigenvalue weighted by molar-refractivity contribution is -0.126. The van der Waals surface area contributed by atoms with Gasteiger partial charge in [-0.1, -0.05) is 30.0 Å². The average molecular weight is 378 g/mol. The van der Waals surface area contributed by atoms with Crippen LogP contribution in [0.1, 0.15) is 4.88 Å². The first-order chi connectivity index (χ1) is 11.5. The molecule has 24 heavy (non-hydrogen) atoms. The number of benzene rings is 1. The van der Waals surface area contributed by atoms with E-state index in [1.54, 1.807) is 6.08 Å². The number of anilines is 1. The minimum absolute atomic E-state index is 0.177. The lowest BCUT2D eigenvalue weighted by Gasteiger charge is -2.14. The Balaban J connectivity index is 1.66. The zero-order valence-electron chi connectivity index (χ0n) is 12.2. The van der Waals surface area contributed by atoms with E-state index >= 15 is 0 Å². The lowest BCUT2D eigenvalue weighted by Crippen LogP contribution is -2.36. The van der Waals surface area contributed by atoms with Crippen molar-refractivity contribution in [2.45, 2.75) is 0 Å². The van der Waals surface area contributed by atoms with Gasteiger partial charge < -0.3 is 5.32 Å². The largest absolute Gasteiger partial charge is 0.325 e. The molecule has 1 N–H and O–H groups in total.